The fourth-order valence-corrected chi connectivity index (χ4v) is 3.12. The van der Waals surface area contributed by atoms with Gasteiger partial charge in [0, 0.05) is 17.5 Å². The molecule has 0 amide bonds. The number of imidazole rings is 1. The van der Waals surface area contributed by atoms with E-state index in [0.717, 1.165) is 45.5 Å². The minimum atomic E-state index is 0.800. The van der Waals surface area contributed by atoms with Crippen LogP contribution in [0.4, 0.5) is 5.82 Å². The van der Waals surface area contributed by atoms with Gasteiger partial charge in [-0.3, -0.25) is 4.40 Å². The summed E-state index contributed by atoms with van der Waals surface area (Å²) in [5.74, 6) is 2.43. The van der Waals surface area contributed by atoms with E-state index < -0.39 is 0 Å². The topological polar surface area (TPSA) is 48.1 Å². The van der Waals surface area contributed by atoms with Crippen LogP contribution in [-0.4, -0.2) is 29.8 Å². The third kappa shape index (κ3) is 3.34. The van der Waals surface area contributed by atoms with Crippen LogP contribution in [0.5, 0.6) is 11.5 Å². The largest absolute Gasteiger partial charge is 0.497 e. The van der Waals surface area contributed by atoms with Gasteiger partial charge in [0.1, 0.15) is 22.8 Å². The molecule has 0 radical (unpaired) electrons. The minimum Gasteiger partial charge on any atom is -0.497 e. The predicted molar refractivity (Wildman–Crippen MR) is 112 cm³/mol. The number of hydrogen-bond donors (Lipinski definition) is 0. The quantitative estimate of drug-likeness (QED) is 0.460. The zero-order valence-corrected chi connectivity index (χ0v) is 16.1. The zero-order chi connectivity index (χ0) is 19.5. The number of pyridine rings is 1. The summed E-state index contributed by atoms with van der Waals surface area (Å²) in [6.07, 6.45) is 1.85. The Morgan fingerprint density at radius 1 is 0.857 bits per heavy atom. The molecule has 2 aromatic heterocycles. The van der Waals surface area contributed by atoms with Gasteiger partial charge in [-0.05, 0) is 73.2 Å². The maximum atomic E-state index is 5.27. The molecular weight excluding hydrogens is 350 g/mol. The van der Waals surface area contributed by atoms with Gasteiger partial charge >= 0.3 is 0 Å². The Balaban J connectivity index is 1.83. The molecule has 0 saturated carbocycles. The van der Waals surface area contributed by atoms with E-state index in [9.17, 15) is 0 Å². The number of benzene rings is 2. The molecule has 140 valence electrons. The molecule has 0 N–H and O–H groups in total. The van der Waals surface area contributed by atoms with Gasteiger partial charge in [0.2, 0.25) is 0 Å². The molecule has 28 heavy (non-hydrogen) atoms. The minimum absolute atomic E-state index is 0.800. The molecule has 0 aliphatic rings. The van der Waals surface area contributed by atoms with Crippen molar-refractivity contribution in [1.29, 1.82) is 0 Å². The van der Waals surface area contributed by atoms with E-state index in [1.54, 1.807) is 14.2 Å². The Hall–Kier alpha value is -3.60. The smallest absolute Gasteiger partial charge is 0.165 e. The average Bonchev–Trinajstić information content (AvgIpc) is 3.12. The van der Waals surface area contributed by atoms with Crippen LogP contribution in [-0.2, 0) is 0 Å². The van der Waals surface area contributed by atoms with Crippen molar-refractivity contribution in [3.63, 3.8) is 0 Å². The van der Waals surface area contributed by atoms with Crippen molar-refractivity contribution in [3.8, 4) is 22.8 Å². The molecule has 0 bridgehead atoms. The number of ether oxygens (including phenoxy) is 2. The van der Waals surface area contributed by atoms with Crippen molar-refractivity contribution in [2.45, 2.75) is 6.92 Å². The molecule has 4 aromatic rings. The Kier molecular flexibility index (Phi) is 4.81. The van der Waals surface area contributed by atoms with Crippen LogP contribution in [0.1, 0.15) is 11.3 Å². The highest BCUT2D eigenvalue weighted by molar-refractivity contribution is 5.85. The molecular formula is C23H21N3O2. The molecule has 0 aliphatic carbocycles. The van der Waals surface area contributed by atoms with Gasteiger partial charge in [-0.25, -0.2) is 9.98 Å². The first-order valence-corrected chi connectivity index (χ1v) is 9.00. The number of hydrogen-bond acceptors (Lipinski definition) is 4. The molecule has 0 aliphatic heterocycles. The first-order valence-electron chi connectivity index (χ1n) is 9.00. The molecule has 0 unspecified atom stereocenters. The highest BCUT2D eigenvalue weighted by Crippen LogP contribution is 2.33. The monoisotopic (exact) mass is 371 g/mol. The van der Waals surface area contributed by atoms with E-state index in [1.807, 2.05) is 66.9 Å². The van der Waals surface area contributed by atoms with E-state index in [4.69, 9.17) is 19.5 Å². The van der Waals surface area contributed by atoms with Crippen molar-refractivity contribution in [2.75, 3.05) is 14.2 Å². The van der Waals surface area contributed by atoms with Crippen molar-refractivity contribution in [3.05, 3.63) is 78.0 Å². The fraction of sp³-hybridized carbons (Fsp3) is 0.130. The van der Waals surface area contributed by atoms with E-state index >= 15 is 0 Å². The van der Waals surface area contributed by atoms with Gasteiger partial charge in [0.15, 0.2) is 5.82 Å². The highest BCUT2D eigenvalue weighted by atomic mass is 16.5. The number of rotatable bonds is 5. The second-order valence-electron chi connectivity index (χ2n) is 6.40. The lowest BCUT2D eigenvalue weighted by Crippen LogP contribution is -1.90. The lowest BCUT2D eigenvalue weighted by molar-refractivity contribution is 0.414. The predicted octanol–water partition coefficient (Wildman–Crippen LogP) is 5.08. The third-order valence-corrected chi connectivity index (χ3v) is 4.63. The summed E-state index contributed by atoms with van der Waals surface area (Å²) in [5, 5.41) is 0. The van der Waals surface area contributed by atoms with Gasteiger partial charge < -0.3 is 9.47 Å². The Bertz CT molecular complexity index is 1130. The first-order chi connectivity index (χ1) is 13.7. The van der Waals surface area contributed by atoms with Crippen molar-refractivity contribution < 1.29 is 9.47 Å². The van der Waals surface area contributed by atoms with Crippen LogP contribution in [0.2, 0.25) is 0 Å². The van der Waals surface area contributed by atoms with Crippen LogP contribution in [0.15, 0.2) is 71.7 Å². The van der Waals surface area contributed by atoms with E-state index in [-0.39, 0.29) is 0 Å². The SMILES string of the molecule is COc1ccc(/C=N/c2c(-c3ccc(OC)cc3)nc3cccc(C)n23)cc1. The summed E-state index contributed by atoms with van der Waals surface area (Å²) >= 11 is 0. The Morgan fingerprint density at radius 3 is 2.14 bits per heavy atom. The molecule has 4 rings (SSSR count). The normalized spacial score (nSPS) is 11.2. The summed E-state index contributed by atoms with van der Waals surface area (Å²) in [5.41, 5.74) is 4.76. The average molecular weight is 371 g/mol. The number of aryl methyl sites for hydroxylation is 1. The van der Waals surface area contributed by atoms with Crippen LogP contribution in [0.3, 0.4) is 0 Å². The summed E-state index contributed by atoms with van der Waals surface area (Å²) in [7, 11) is 3.32. The molecule has 0 atom stereocenters. The first kappa shape index (κ1) is 17.8. The van der Waals surface area contributed by atoms with Gasteiger partial charge in [-0.15, -0.1) is 0 Å². The number of fused-ring (bicyclic) bond motifs is 1. The lowest BCUT2D eigenvalue weighted by atomic mass is 10.1. The zero-order valence-electron chi connectivity index (χ0n) is 16.1. The second-order valence-corrected chi connectivity index (χ2v) is 6.40. The Morgan fingerprint density at radius 2 is 1.50 bits per heavy atom. The third-order valence-electron chi connectivity index (χ3n) is 4.63. The van der Waals surface area contributed by atoms with Crippen LogP contribution < -0.4 is 9.47 Å². The molecule has 0 saturated heterocycles. The maximum absolute atomic E-state index is 5.27. The number of aliphatic imine (C=N–C) groups is 1. The van der Waals surface area contributed by atoms with E-state index in [0.29, 0.717) is 0 Å². The number of methoxy groups -OCH3 is 2. The molecule has 2 heterocycles. The summed E-state index contributed by atoms with van der Waals surface area (Å²) in [4.78, 5) is 9.63. The maximum Gasteiger partial charge on any atom is 0.165 e. The number of aromatic nitrogens is 2. The van der Waals surface area contributed by atoms with E-state index in [1.165, 1.54) is 0 Å². The van der Waals surface area contributed by atoms with Gasteiger partial charge in [-0.2, -0.15) is 0 Å². The molecule has 5 heteroatoms. The van der Waals surface area contributed by atoms with Gasteiger partial charge in [-0.1, -0.05) is 6.07 Å². The summed E-state index contributed by atoms with van der Waals surface area (Å²) in [6, 6.07) is 21.7. The standard InChI is InChI=1S/C23H21N3O2/c1-16-5-4-6-21-25-22(18-9-13-20(28-3)14-10-18)23(26(16)21)24-15-17-7-11-19(27-2)12-8-17/h4-15H,1-3H3/b24-15+. The van der Waals surface area contributed by atoms with Gasteiger partial charge in [0.25, 0.3) is 0 Å². The molecule has 0 spiro atoms. The van der Waals surface area contributed by atoms with Crippen LogP contribution in [0, 0.1) is 6.92 Å². The lowest BCUT2D eigenvalue weighted by Gasteiger charge is -2.04. The highest BCUT2D eigenvalue weighted by Gasteiger charge is 2.14. The van der Waals surface area contributed by atoms with Crippen molar-refractivity contribution in [2.24, 2.45) is 4.99 Å². The molecule has 2 aromatic carbocycles. The summed E-state index contributed by atoms with van der Waals surface area (Å²) in [6.45, 7) is 2.05. The molecule has 5 nitrogen and oxygen atoms in total. The summed E-state index contributed by atoms with van der Waals surface area (Å²) < 4.78 is 12.6. The van der Waals surface area contributed by atoms with Crippen molar-refractivity contribution in [1.82, 2.24) is 9.38 Å². The Labute approximate surface area is 163 Å². The molecule has 0 fully saturated rings. The van der Waals surface area contributed by atoms with Gasteiger partial charge in [0.05, 0.1) is 14.2 Å². The van der Waals surface area contributed by atoms with Crippen LogP contribution in [0.25, 0.3) is 16.9 Å². The van der Waals surface area contributed by atoms with E-state index in [2.05, 4.69) is 17.4 Å². The fourth-order valence-electron chi connectivity index (χ4n) is 3.12. The number of nitrogens with zero attached hydrogens (tertiary/aromatic N) is 3. The van der Waals surface area contributed by atoms with Crippen molar-refractivity contribution >= 4 is 17.7 Å². The second kappa shape index (κ2) is 7.56. The van der Waals surface area contributed by atoms with Crippen LogP contribution >= 0.6 is 0 Å².